The minimum absolute atomic E-state index is 0.169. The molecule has 0 saturated heterocycles. The van der Waals surface area contributed by atoms with Gasteiger partial charge in [0.25, 0.3) is 0 Å². The monoisotopic (exact) mass is 344 g/mol. The molecule has 0 fully saturated rings. The molecule has 0 amide bonds. The molecule has 1 unspecified atom stereocenters. The molecule has 2 aromatic rings. The van der Waals surface area contributed by atoms with Gasteiger partial charge in [-0.1, -0.05) is 36.4 Å². The van der Waals surface area contributed by atoms with Gasteiger partial charge in [0.15, 0.2) is 0 Å². The lowest BCUT2D eigenvalue weighted by Crippen LogP contribution is -2.17. The molecule has 24 heavy (non-hydrogen) atoms. The average molecular weight is 344 g/mol. The maximum absolute atomic E-state index is 11.5. The molecule has 126 valence electrons. The first kappa shape index (κ1) is 18.1. The van der Waals surface area contributed by atoms with Gasteiger partial charge in [-0.3, -0.25) is 4.79 Å². The number of carboxylic acid groups (broad SMARTS) is 2. The molecule has 0 aromatic heterocycles. The molecule has 1 atom stereocenters. The number of hydrogen-bond donors (Lipinski definition) is 3. The van der Waals surface area contributed by atoms with Crippen LogP contribution in [-0.2, 0) is 11.2 Å². The first-order valence-electron chi connectivity index (χ1n) is 7.78. The second-order valence-corrected chi connectivity index (χ2v) is 6.10. The lowest BCUT2D eigenvalue weighted by atomic mass is 9.89. The van der Waals surface area contributed by atoms with Gasteiger partial charge < -0.3 is 10.2 Å². The van der Waals surface area contributed by atoms with Crippen molar-refractivity contribution in [1.82, 2.24) is 0 Å². The van der Waals surface area contributed by atoms with Crippen LogP contribution in [0.4, 0.5) is 0 Å². The van der Waals surface area contributed by atoms with Gasteiger partial charge in [-0.25, -0.2) is 4.79 Å². The number of aliphatic carboxylic acids is 1. The first-order chi connectivity index (χ1) is 11.5. The predicted molar refractivity (Wildman–Crippen MR) is 96.8 cm³/mol. The third-order valence-corrected chi connectivity index (χ3v) is 4.28. The smallest absolute Gasteiger partial charge is 0.335 e. The SMILES string of the molecule is O=C(O)c1ccc(-c2ccccc2)c(CC(CCCS)C(=O)O)c1. The van der Waals surface area contributed by atoms with E-state index in [2.05, 4.69) is 12.6 Å². The van der Waals surface area contributed by atoms with Crippen LogP contribution >= 0.6 is 12.6 Å². The topological polar surface area (TPSA) is 74.6 Å². The molecule has 2 aromatic carbocycles. The molecular formula is C19H20O4S. The van der Waals surface area contributed by atoms with Crippen LogP contribution in [0.3, 0.4) is 0 Å². The molecule has 2 N–H and O–H groups in total. The molecule has 2 rings (SSSR count). The van der Waals surface area contributed by atoms with E-state index in [1.165, 1.54) is 0 Å². The van der Waals surface area contributed by atoms with Crippen molar-refractivity contribution in [2.45, 2.75) is 19.3 Å². The summed E-state index contributed by atoms with van der Waals surface area (Å²) < 4.78 is 0. The lowest BCUT2D eigenvalue weighted by Gasteiger charge is -2.16. The summed E-state index contributed by atoms with van der Waals surface area (Å²) in [4.78, 5) is 22.8. The Balaban J connectivity index is 2.42. The lowest BCUT2D eigenvalue weighted by molar-refractivity contribution is -0.141. The molecule has 0 bridgehead atoms. The number of thiol groups is 1. The fourth-order valence-electron chi connectivity index (χ4n) is 2.71. The molecule has 0 saturated carbocycles. The second kappa shape index (κ2) is 8.55. The number of carbonyl (C=O) groups is 2. The van der Waals surface area contributed by atoms with Gasteiger partial charge in [-0.05, 0) is 53.8 Å². The third-order valence-electron chi connectivity index (χ3n) is 3.96. The minimum Gasteiger partial charge on any atom is -0.481 e. The summed E-state index contributed by atoms with van der Waals surface area (Å²) in [6.45, 7) is 0. The van der Waals surface area contributed by atoms with Gasteiger partial charge in [-0.2, -0.15) is 12.6 Å². The van der Waals surface area contributed by atoms with Crippen molar-refractivity contribution >= 4 is 24.6 Å². The summed E-state index contributed by atoms with van der Waals surface area (Å²) in [5.74, 6) is -1.80. The van der Waals surface area contributed by atoms with E-state index in [4.69, 9.17) is 0 Å². The minimum atomic E-state index is -1.02. The van der Waals surface area contributed by atoms with Crippen molar-refractivity contribution in [3.05, 3.63) is 59.7 Å². The maximum atomic E-state index is 11.5. The van der Waals surface area contributed by atoms with Crippen molar-refractivity contribution in [2.24, 2.45) is 5.92 Å². The summed E-state index contributed by atoms with van der Waals surface area (Å²) in [5.41, 5.74) is 2.73. The molecule has 5 heteroatoms. The van der Waals surface area contributed by atoms with Crippen LogP contribution in [-0.4, -0.2) is 27.9 Å². The number of aromatic carboxylic acids is 1. The Kier molecular flexibility index (Phi) is 6.44. The van der Waals surface area contributed by atoms with E-state index >= 15 is 0 Å². The van der Waals surface area contributed by atoms with Gasteiger partial charge in [0.2, 0.25) is 0 Å². The fourth-order valence-corrected chi connectivity index (χ4v) is 2.89. The highest BCUT2D eigenvalue weighted by Crippen LogP contribution is 2.28. The van der Waals surface area contributed by atoms with Crippen molar-refractivity contribution in [1.29, 1.82) is 0 Å². The van der Waals surface area contributed by atoms with Crippen LogP contribution in [0.15, 0.2) is 48.5 Å². The molecule has 0 aliphatic rings. The normalized spacial score (nSPS) is 11.9. The average Bonchev–Trinajstić information content (AvgIpc) is 2.58. The summed E-state index contributed by atoms with van der Waals surface area (Å²) >= 11 is 4.14. The highest BCUT2D eigenvalue weighted by atomic mass is 32.1. The number of benzene rings is 2. The van der Waals surface area contributed by atoms with Gasteiger partial charge in [0, 0.05) is 0 Å². The van der Waals surface area contributed by atoms with E-state index in [1.54, 1.807) is 18.2 Å². The van der Waals surface area contributed by atoms with E-state index < -0.39 is 17.9 Å². The van der Waals surface area contributed by atoms with Crippen molar-refractivity contribution < 1.29 is 19.8 Å². The quantitative estimate of drug-likeness (QED) is 0.633. The predicted octanol–water partition coefficient (Wildman–Crippen LogP) is 4.01. The third kappa shape index (κ3) is 4.61. The van der Waals surface area contributed by atoms with E-state index in [9.17, 15) is 19.8 Å². The molecule has 0 spiro atoms. The number of rotatable bonds is 8. The van der Waals surface area contributed by atoms with Crippen LogP contribution < -0.4 is 0 Å². The van der Waals surface area contributed by atoms with Crippen molar-refractivity contribution in [2.75, 3.05) is 5.75 Å². The Morgan fingerprint density at radius 1 is 1.04 bits per heavy atom. The molecular weight excluding hydrogens is 324 g/mol. The van der Waals surface area contributed by atoms with Crippen LogP contribution in [0, 0.1) is 5.92 Å². The molecule has 0 radical (unpaired) electrons. The summed E-state index contributed by atoms with van der Waals surface area (Å²) in [5, 5.41) is 18.7. The standard InChI is InChI=1S/C19H20O4S/c20-18(21)14(7-4-10-24)11-16-12-15(19(22)23)8-9-17(16)13-5-2-1-3-6-13/h1-3,5-6,8-9,12,14,24H,4,7,10-11H2,(H,20,21)(H,22,23). The largest absolute Gasteiger partial charge is 0.481 e. The second-order valence-electron chi connectivity index (χ2n) is 5.65. The zero-order chi connectivity index (χ0) is 17.5. The van der Waals surface area contributed by atoms with Gasteiger partial charge >= 0.3 is 11.9 Å². The summed E-state index contributed by atoms with van der Waals surface area (Å²) in [6.07, 6.45) is 1.53. The Hall–Kier alpha value is -2.27. The zero-order valence-electron chi connectivity index (χ0n) is 13.2. The Morgan fingerprint density at radius 3 is 2.33 bits per heavy atom. The van der Waals surface area contributed by atoms with Crippen LogP contribution in [0.1, 0.15) is 28.8 Å². The fraction of sp³-hybridized carbons (Fsp3) is 0.263. The van der Waals surface area contributed by atoms with Gasteiger partial charge in [0.1, 0.15) is 0 Å². The summed E-state index contributed by atoms with van der Waals surface area (Å²) in [7, 11) is 0. The van der Waals surface area contributed by atoms with E-state index in [-0.39, 0.29) is 5.56 Å². The van der Waals surface area contributed by atoms with E-state index in [0.29, 0.717) is 25.0 Å². The zero-order valence-corrected chi connectivity index (χ0v) is 14.1. The van der Waals surface area contributed by atoms with Gasteiger partial charge in [-0.15, -0.1) is 0 Å². The molecule has 4 nitrogen and oxygen atoms in total. The van der Waals surface area contributed by atoms with E-state index in [1.807, 2.05) is 30.3 Å². The highest BCUT2D eigenvalue weighted by molar-refractivity contribution is 7.80. The molecule has 0 aliphatic heterocycles. The Morgan fingerprint density at radius 2 is 1.75 bits per heavy atom. The first-order valence-corrected chi connectivity index (χ1v) is 8.41. The molecule has 0 heterocycles. The maximum Gasteiger partial charge on any atom is 0.335 e. The Bertz CT molecular complexity index is 713. The van der Waals surface area contributed by atoms with Crippen molar-refractivity contribution in [3.63, 3.8) is 0 Å². The molecule has 0 aliphatic carbocycles. The van der Waals surface area contributed by atoms with Crippen LogP contribution in [0.25, 0.3) is 11.1 Å². The number of hydrogen-bond acceptors (Lipinski definition) is 3. The van der Waals surface area contributed by atoms with Crippen molar-refractivity contribution in [3.8, 4) is 11.1 Å². The highest BCUT2D eigenvalue weighted by Gasteiger charge is 2.20. The van der Waals surface area contributed by atoms with E-state index in [0.717, 1.165) is 16.7 Å². The van der Waals surface area contributed by atoms with Gasteiger partial charge in [0.05, 0.1) is 11.5 Å². The van der Waals surface area contributed by atoms with Crippen LogP contribution in [0.2, 0.25) is 0 Å². The van der Waals surface area contributed by atoms with Crippen LogP contribution in [0.5, 0.6) is 0 Å². The number of carboxylic acids is 2. The Labute approximate surface area is 146 Å². The summed E-state index contributed by atoms with van der Waals surface area (Å²) in [6, 6.07) is 14.5.